The van der Waals surface area contributed by atoms with E-state index in [0.717, 1.165) is 6.42 Å². The lowest BCUT2D eigenvalue weighted by molar-refractivity contribution is -0.139. The average molecular weight is 208 g/mol. The van der Waals surface area contributed by atoms with Gasteiger partial charge in [-0.2, -0.15) is 0 Å². The molecule has 3 heteroatoms. The first-order chi connectivity index (χ1) is 7.02. The molecule has 0 aromatic rings. The van der Waals surface area contributed by atoms with Crippen molar-refractivity contribution in [1.82, 2.24) is 0 Å². The van der Waals surface area contributed by atoms with Gasteiger partial charge in [0.25, 0.3) is 0 Å². The molecule has 0 aromatic carbocycles. The van der Waals surface area contributed by atoms with Crippen molar-refractivity contribution < 1.29 is 14.3 Å². The first kappa shape index (κ1) is 11.7. The number of rotatable bonds is 4. The maximum atomic E-state index is 11.1. The minimum Gasteiger partial charge on any atom is -0.462 e. The quantitative estimate of drug-likeness (QED) is 0.524. The van der Waals surface area contributed by atoms with Crippen LogP contribution >= 0.6 is 0 Å². The summed E-state index contributed by atoms with van der Waals surface area (Å²) in [6, 6.07) is 0. The Labute approximate surface area is 89.8 Å². The van der Waals surface area contributed by atoms with Crippen LogP contribution in [0.5, 0.6) is 0 Å². The SMILES string of the molecule is CC(=O)OCC=CCC1(C)C=CC(=O)C1. The van der Waals surface area contributed by atoms with E-state index < -0.39 is 0 Å². The van der Waals surface area contributed by atoms with Gasteiger partial charge >= 0.3 is 5.97 Å². The molecule has 1 unspecified atom stereocenters. The highest BCUT2D eigenvalue weighted by atomic mass is 16.5. The Morgan fingerprint density at radius 2 is 2.33 bits per heavy atom. The van der Waals surface area contributed by atoms with Crippen molar-refractivity contribution in [2.24, 2.45) is 5.41 Å². The molecule has 1 atom stereocenters. The highest BCUT2D eigenvalue weighted by Crippen LogP contribution is 2.33. The molecule has 0 fully saturated rings. The summed E-state index contributed by atoms with van der Waals surface area (Å²) >= 11 is 0. The van der Waals surface area contributed by atoms with Crippen LogP contribution in [-0.2, 0) is 14.3 Å². The summed E-state index contributed by atoms with van der Waals surface area (Å²) in [5.74, 6) is -0.0901. The van der Waals surface area contributed by atoms with E-state index in [4.69, 9.17) is 4.74 Å². The second-order valence-electron chi connectivity index (χ2n) is 4.11. The van der Waals surface area contributed by atoms with Gasteiger partial charge in [-0.05, 0) is 17.9 Å². The maximum absolute atomic E-state index is 11.1. The maximum Gasteiger partial charge on any atom is 0.302 e. The molecule has 0 radical (unpaired) electrons. The topological polar surface area (TPSA) is 43.4 Å². The summed E-state index contributed by atoms with van der Waals surface area (Å²) in [6.45, 7) is 3.74. The molecule has 0 amide bonds. The number of carbonyl (C=O) groups excluding carboxylic acids is 2. The molecule has 0 saturated carbocycles. The number of ketones is 1. The third kappa shape index (κ3) is 4.11. The van der Waals surface area contributed by atoms with Gasteiger partial charge < -0.3 is 4.74 Å². The Kier molecular flexibility index (Phi) is 3.83. The van der Waals surface area contributed by atoms with Crippen molar-refractivity contribution in [3.05, 3.63) is 24.3 Å². The smallest absolute Gasteiger partial charge is 0.302 e. The Balaban J connectivity index is 2.28. The summed E-state index contributed by atoms with van der Waals surface area (Å²) in [6.07, 6.45) is 8.72. The molecule has 82 valence electrons. The van der Waals surface area contributed by atoms with Crippen LogP contribution in [0.2, 0.25) is 0 Å². The molecule has 1 aliphatic rings. The highest BCUT2D eigenvalue weighted by Gasteiger charge is 2.27. The molecule has 0 aliphatic heterocycles. The molecule has 0 heterocycles. The minimum absolute atomic E-state index is 0.0518. The molecule has 0 N–H and O–H groups in total. The van der Waals surface area contributed by atoms with E-state index in [1.165, 1.54) is 6.92 Å². The molecule has 0 spiro atoms. The lowest BCUT2D eigenvalue weighted by Crippen LogP contribution is -2.10. The monoisotopic (exact) mass is 208 g/mol. The number of allylic oxidation sites excluding steroid dienone is 3. The van der Waals surface area contributed by atoms with Gasteiger partial charge in [0.1, 0.15) is 6.61 Å². The zero-order valence-corrected chi connectivity index (χ0v) is 9.16. The van der Waals surface area contributed by atoms with Crippen LogP contribution in [0.3, 0.4) is 0 Å². The van der Waals surface area contributed by atoms with E-state index in [-0.39, 0.29) is 17.2 Å². The van der Waals surface area contributed by atoms with E-state index in [0.29, 0.717) is 13.0 Å². The van der Waals surface area contributed by atoms with Crippen molar-refractivity contribution in [1.29, 1.82) is 0 Å². The molecular weight excluding hydrogens is 192 g/mol. The van der Waals surface area contributed by atoms with Crippen LogP contribution in [0.15, 0.2) is 24.3 Å². The van der Waals surface area contributed by atoms with E-state index in [1.807, 2.05) is 25.2 Å². The van der Waals surface area contributed by atoms with Crippen LogP contribution in [0.25, 0.3) is 0 Å². The Bertz CT molecular complexity index is 315. The van der Waals surface area contributed by atoms with Crippen LogP contribution in [0, 0.1) is 5.41 Å². The Hall–Kier alpha value is -1.38. The summed E-state index contributed by atoms with van der Waals surface area (Å²) in [5, 5.41) is 0. The fourth-order valence-corrected chi connectivity index (χ4v) is 1.54. The summed E-state index contributed by atoms with van der Waals surface area (Å²) in [5.41, 5.74) is -0.0518. The second-order valence-corrected chi connectivity index (χ2v) is 4.11. The van der Waals surface area contributed by atoms with Crippen molar-refractivity contribution in [2.45, 2.75) is 26.7 Å². The third-order valence-corrected chi connectivity index (χ3v) is 2.38. The first-order valence-corrected chi connectivity index (χ1v) is 5.02. The Morgan fingerprint density at radius 1 is 1.60 bits per heavy atom. The van der Waals surface area contributed by atoms with Gasteiger partial charge in [-0.3, -0.25) is 9.59 Å². The highest BCUT2D eigenvalue weighted by molar-refractivity contribution is 5.93. The minimum atomic E-state index is -0.276. The first-order valence-electron chi connectivity index (χ1n) is 5.02. The number of esters is 1. The van der Waals surface area contributed by atoms with Crippen LogP contribution < -0.4 is 0 Å². The number of hydrogen-bond acceptors (Lipinski definition) is 3. The second kappa shape index (κ2) is 4.91. The largest absolute Gasteiger partial charge is 0.462 e. The van der Waals surface area contributed by atoms with Crippen LogP contribution in [0.4, 0.5) is 0 Å². The van der Waals surface area contributed by atoms with Crippen LogP contribution in [0.1, 0.15) is 26.7 Å². The van der Waals surface area contributed by atoms with Crippen molar-refractivity contribution in [2.75, 3.05) is 6.61 Å². The molecule has 0 saturated heterocycles. The van der Waals surface area contributed by atoms with E-state index >= 15 is 0 Å². The van der Waals surface area contributed by atoms with E-state index in [9.17, 15) is 9.59 Å². The van der Waals surface area contributed by atoms with E-state index in [1.54, 1.807) is 6.08 Å². The van der Waals surface area contributed by atoms with Crippen LogP contribution in [-0.4, -0.2) is 18.4 Å². The van der Waals surface area contributed by atoms with Gasteiger partial charge in [0.05, 0.1) is 0 Å². The van der Waals surface area contributed by atoms with Crippen molar-refractivity contribution in [3.8, 4) is 0 Å². The standard InChI is InChI=1S/C12H16O3/c1-10(13)15-8-4-3-6-12(2)7-5-11(14)9-12/h3-5,7H,6,8-9H2,1-2H3. The average Bonchev–Trinajstić information content (AvgIpc) is 2.45. The van der Waals surface area contributed by atoms with E-state index in [2.05, 4.69) is 0 Å². The molecule has 0 aromatic heterocycles. The number of carbonyl (C=O) groups is 2. The van der Waals surface area contributed by atoms with Crippen molar-refractivity contribution in [3.63, 3.8) is 0 Å². The molecular formula is C12H16O3. The number of ether oxygens (including phenoxy) is 1. The Morgan fingerprint density at radius 3 is 2.87 bits per heavy atom. The lowest BCUT2D eigenvalue weighted by atomic mass is 9.86. The summed E-state index contributed by atoms with van der Waals surface area (Å²) < 4.78 is 4.75. The van der Waals surface area contributed by atoms with Gasteiger partial charge in [-0.1, -0.05) is 25.2 Å². The molecule has 1 rings (SSSR count). The molecule has 0 bridgehead atoms. The van der Waals surface area contributed by atoms with Gasteiger partial charge in [0.2, 0.25) is 0 Å². The predicted octanol–water partition coefficient (Wildman–Crippen LogP) is 2.03. The lowest BCUT2D eigenvalue weighted by Gasteiger charge is -2.17. The fourth-order valence-electron chi connectivity index (χ4n) is 1.54. The number of hydrogen-bond donors (Lipinski definition) is 0. The normalized spacial score (nSPS) is 25.1. The summed E-state index contributed by atoms with van der Waals surface area (Å²) in [7, 11) is 0. The molecule has 1 aliphatic carbocycles. The van der Waals surface area contributed by atoms with Crippen molar-refractivity contribution >= 4 is 11.8 Å². The fraction of sp³-hybridized carbons (Fsp3) is 0.500. The van der Waals surface area contributed by atoms with Gasteiger partial charge in [-0.25, -0.2) is 0 Å². The summed E-state index contributed by atoms with van der Waals surface area (Å²) in [4.78, 5) is 21.5. The molecule has 15 heavy (non-hydrogen) atoms. The van der Waals surface area contributed by atoms with Gasteiger partial charge in [0, 0.05) is 13.3 Å². The third-order valence-electron chi connectivity index (χ3n) is 2.38. The van der Waals surface area contributed by atoms with Gasteiger partial charge in [0.15, 0.2) is 5.78 Å². The molecule has 3 nitrogen and oxygen atoms in total. The van der Waals surface area contributed by atoms with Gasteiger partial charge in [-0.15, -0.1) is 0 Å². The zero-order chi connectivity index (χ0) is 11.3. The predicted molar refractivity (Wildman–Crippen MR) is 57.3 cm³/mol. The zero-order valence-electron chi connectivity index (χ0n) is 9.16.